The second kappa shape index (κ2) is 9.73. The first-order chi connectivity index (χ1) is 15.8. The summed E-state index contributed by atoms with van der Waals surface area (Å²) in [5, 5.41) is 0.654. The second-order valence-corrected chi connectivity index (χ2v) is 10.3. The average Bonchev–Trinajstić information content (AvgIpc) is 2.72. The van der Waals surface area contributed by atoms with E-state index in [9.17, 15) is 22.4 Å². The number of ether oxygens (including phenoxy) is 1. The molecule has 8 nitrogen and oxygen atoms in total. The molecule has 11 heteroatoms. The Bertz CT molecular complexity index is 1430. The van der Waals surface area contributed by atoms with Crippen molar-refractivity contribution in [2.75, 3.05) is 14.1 Å². The summed E-state index contributed by atoms with van der Waals surface area (Å²) in [6.07, 6.45) is -0.644. The number of benzene rings is 2. The highest BCUT2D eigenvalue weighted by Gasteiger charge is 2.22. The van der Waals surface area contributed by atoms with E-state index in [1.165, 1.54) is 43.3 Å². The quantitative estimate of drug-likeness (QED) is 0.497. The molecule has 1 amide bonds. The maximum absolute atomic E-state index is 14.3. The first-order valence-electron chi connectivity index (χ1n) is 10.3. The van der Waals surface area contributed by atoms with Gasteiger partial charge in [0.05, 0.1) is 5.02 Å². The van der Waals surface area contributed by atoms with Crippen molar-refractivity contribution in [2.45, 2.75) is 38.1 Å². The number of carbonyl (C=O) groups excluding carboxylic acids is 1. The number of aryl methyl sites for hydroxylation is 1. The summed E-state index contributed by atoms with van der Waals surface area (Å²) >= 11 is 6.28. The van der Waals surface area contributed by atoms with Crippen LogP contribution in [0.5, 0.6) is 5.75 Å². The van der Waals surface area contributed by atoms with Crippen LogP contribution in [0.2, 0.25) is 5.02 Å². The van der Waals surface area contributed by atoms with Gasteiger partial charge in [0.25, 0.3) is 0 Å². The number of carbonyl (C=O) groups is 1. The van der Waals surface area contributed by atoms with Gasteiger partial charge in [-0.3, -0.25) is 0 Å². The molecule has 0 unspecified atom stereocenters. The van der Waals surface area contributed by atoms with E-state index in [1.54, 1.807) is 20.8 Å². The summed E-state index contributed by atoms with van der Waals surface area (Å²) in [5.74, 6) is -0.861. The zero-order chi connectivity index (χ0) is 25.4. The molecule has 1 N–H and O–H groups in total. The third-order valence-electron chi connectivity index (χ3n) is 4.96. The first-order valence-corrected chi connectivity index (χ1v) is 12.1. The zero-order valence-corrected chi connectivity index (χ0v) is 20.8. The minimum atomic E-state index is -4.08. The molecule has 0 saturated heterocycles. The Hall–Kier alpha value is -2.95. The molecule has 0 saturated carbocycles. The van der Waals surface area contributed by atoms with Crippen LogP contribution in [0.3, 0.4) is 0 Å². The van der Waals surface area contributed by atoms with Crippen LogP contribution in [0.25, 0.3) is 11.0 Å². The highest BCUT2D eigenvalue weighted by atomic mass is 35.5. The Kier molecular flexibility index (Phi) is 7.35. The second-order valence-electron chi connectivity index (χ2n) is 8.25. The molecule has 3 aromatic rings. The number of amides is 1. The Morgan fingerprint density at radius 1 is 1.24 bits per heavy atom. The van der Waals surface area contributed by atoms with Crippen LogP contribution in [0.15, 0.2) is 44.4 Å². The van der Waals surface area contributed by atoms with Crippen molar-refractivity contribution >= 4 is 38.7 Å². The van der Waals surface area contributed by atoms with Crippen molar-refractivity contribution in [3.8, 4) is 5.75 Å². The van der Waals surface area contributed by atoms with Crippen LogP contribution in [-0.4, -0.2) is 39.5 Å². The van der Waals surface area contributed by atoms with Gasteiger partial charge < -0.3 is 14.1 Å². The number of hydrogen-bond donors (Lipinski definition) is 1. The van der Waals surface area contributed by atoms with Gasteiger partial charge in [-0.15, -0.1) is 0 Å². The van der Waals surface area contributed by atoms with E-state index in [2.05, 4.69) is 4.72 Å². The lowest BCUT2D eigenvalue weighted by molar-refractivity contribution is 0.172. The topological polar surface area (TPSA) is 106 Å². The van der Waals surface area contributed by atoms with Gasteiger partial charge in [0.2, 0.25) is 10.0 Å². The number of nitrogens with zero attached hydrogens (tertiary/aromatic N) is 1. The van der Waals surface area contributed by atoms with E-state index in [1.807, 2.05) is 0 Å². The fraction of sp³-hybridized carbons (Fsp3) is 0.304. The molecular weight excluding hydrogens is 487 g/mol. The van der Waals surface area contributed by atoms with Crippen LogP contribution in [-0.2, 0) is 16.4 Å². The molecule has 0 atom stereocenters. The van der Waals surface area contributed by atoms with Crippen molar-refractivity contribution in [1.29, 1.82) is 0 Å². The van der Waals surface area contributed by atoms with Crippen molar-refractivity contribution in [3.63, 3.8) is 0 Å². The fourth-order valence-corrected chi connectivity index (χ4v) is 4.88. The van der Waals surface area contributed by atoms with Crippen LogP contribution in [0, 0.1) is 12.7 Å². The third kappa shape index (κ3) is 5.40. The average molecular weight is 511 g/mol. The highest BCUT2D eigenvalue weighted by Crippen LogP contribution is 2.32. The normalized spacial score (nSPS) is 11.8. The highest BCUT2D eigenvalue weighted by molar-refractivity contribution is 7.89. The molecule has 2 aromatic carbocycles. The fourth-order valence-electron chi connectivity index (χ4n) is 3.30. The predicted octanol–water partition coefficient (Wildman–Crippen LogP) is 4.23. The van der Waals surface area contributed by atoms with E-state index in [4.69, 9.17) is 20.8 Å². The summed E-state index contributed by atoms with van der Waals surface area (Å²) in [7, 11) is -1.05. The molecule has 0 spiro atoms. The first kappa shape index (κ1) is 25.7. The smallest absolute Gasteiger partial charge is 0.414 e. The van der Waals surface area contributed by atoms with Crippen molar-refractivity contribution in [3.05, 3.63) is 68.3 Å². The monoisotopic (exact) mass is 510 g/mol. The molecule has 0 aliphatic carbocycles. The van der Waals surface area contributed by atoms with Gasteiger partial charge in [-0.25, -0.2) is 27.1 Å². The number of sulfonamides is 1. The van der Waals surface area contributed by atoms with Crippen LogP contribution >= 0.6 is 11.6 Å². The standard InChI is InChI=1S/C23H24ClFN2O6S/c1-12(2)26-34(30,31)21-9-14(6-7-18(21)25)8-16-13(3)15-10-17(24)20(33-23(29)27(4)5)11-19(15)32-22(16)28/h6-7,9-12,26H,8H2,1-5H3. The third-order valence-corrected chi connectivity index (χ3v) is 6.93. The minimum Gasteiger partial charge on any atom is -0.422 e. The number of hydrogen-bond acceptors (Lipinski definition) is 6. The lowest BCUT2D eigenvalue weighted by Crippen LogP contribution is -2.31. The van der Waals surface area contributed by atoms with Crippen molar-refractivity contribution < 1.29 is 26.8 Å². The number of rotatable bonds is 6. The van der Waals surface area contributed by atoms with E-state index >= 15 is 0 Å². The summed E-state index contributed by atoms with van der Waals surface area (Å²) in [6.45, 7) is 4.94. The minimum absolute atomic E-state index is 0.00354. The summed E-state index contributed by atoms with van der Waals surface area (Å²) in [6, 6.07) is 6.10. The molecule has 0 fully saturated rings. The Balaban J connectivity index is 2.04. The van der Waals surface area contributed by atoms with Gasteiger partial charge in [0, 0.05) is 43.6 Å². The van der Waals surface area contributed by atoms with Gasteiger partial charge in [-0.1, -0.05) is 17.7 Å². The summed E-state index contributed by atoms with van der Waals surface area (Å²) < 4.78 is 52.2. The molecule has 182 valence electrons. The van der Waals surface area contributed by atoms with E-state index < -0.39 is 38.5 Å². The summed E-state index contributed by atoms with van der Waals surface area (Å²) in [4.78, 5) is 25.3. The van der Waals surface area contributed by atoms with Gasteiger partial charge >= 0.3 is 11.7 Å². The SMILES string of the molecule is Cc1c(Cc2ccc(F)c(S(=O)(=O)NC(C)C)c2)c(=O)oc2cc(OC(=O)N(C)C)c(Cl)cc12. The molecular formula is C23H24ClFN2O6S. The van der Waals surface area contributed by atoms with Crippen molar-refractivity contribution in [2.24, 2.45) is 0 Å². The van der Waals surface area contributed by atoms with Crippen LogP contribution < -0.4 is 15.1 Å². The predicted molar refractivity (Wildman–Crippen MR) is 127 cm³/mol. The number of halogens is 2. The van der Waals surface area contributed by atoms with Gasteiger partial charge in [0.1, 0.15) is 16.3 Å². The Labute approximate surface area is 201 Å². The zero-order valence-electron chi connectivity index (χ0n) is 19.2. The maximum atomic E-state index is 14.3. The van der Waals surface area contributed by atoms with E-state index in [0.29, 0.717) is 16.5 Å². The molecule has 0 aliphatic rings. The Morgan fingerprint density at radius 3 is 2.53 bits per heavy atom. The van der Waals surface area contributed by atoms with Gasteiger partial charge in [0.15, 0.2) is 5.75 Å². The number of fused-ring (bicyclic) bond motifs is 1. The summed E-state index contributed by atoms with van der Waals surface area (Å²) in [5.41, 5.74) is 0.718. The molecule has 1 aromatic heterocycles. The van der Waals surface area contributed by atoms with E-state index in [0.717, 1.165) is 6.07 Å². The largest absolute Gasteiger partial charge is 0.422 e. The lowest BCUT2D eigenvalue weighted by Gasteiger charge is -2.14. The van der Waals surface area contributed by atoms with Crippen LogP contribution in [0.1, 0.15) is 30.5 Å². The molecule has 0 bridgehead atoms. The Morgan fingerprint density at radius 2 is 1.91 bits per heavy atom. The molecule has 3 rings (SSSR count). The lowest BCUT2D eigenvalue weighted by atomic mass is 9.99. The van der Waals surface area contributed by atoms with Gasteiger partial charge in [-0.2, -0.15) is 0 Å². The molecule has 1 heterocycles. The maximum Gasteiger partial charge on any atom is 0.414 e. The van der Waals surface area contributed by atoms with E-state index in [-0.39, 0.29) is 28.3 Å². The molecule has 34 heavy (non-hydrogen) atoms. The molecule has 0 radical (unpaired) electrons. The van der Waals surface area contributed by atoms with Gasteiger partial charge in [-0.05, 0) is 50.1 Å². The number of nitrogens with one attached hydrogen (secondary N) is 1. The van der Waals surface area contributed by atoms with Crippen molar-refractivity contribution in [1.82, 2.24) is 9.62 Å². The van der Waals surface area contributed by atoms with Crippen LogP contribution in [0.4, 0.5) is 9.18 Å². The molecule has 0 aliphatic heterocycles.